The summed E-state index contributed by atoms with van der Waals surface area (Å²) in [5.74, 6) is 0. The molecule has 0 radical (unpaired) electrons. The van der Waals surface area contributed by atoms with E-state index in [2.05, 4.69) is 60.2 Å². The zero-order chi connectivity index (χ0) is 20.0. The largest absolute Gasteiger partial charge is 0.381 e. The number of hydrogen-bond acceptors (Lipinski definition) is 4. The first-order valence-corrected chi connectivity index (χ1v) is 11.6. The van der Waals surface area contributed by atoms with Crippen molar-refractivity contribution in [1.82, 2.24) is 10.2 Å². The van der Waals surface area contributed by atoms with Crippen LogP contribution in [0.25, 0.3) is 0 Å². The molecule has 0 spiro atoms. The van der Waals surface area contributed by atoms with Crippen LogP contribution in [-0.2, 0) is 11.3 Å². The molecule has 160 valence electrons. The van der Waals surface area contributed by atoms with Crippen LogP contribution in [0.1, 0.15) is 64.9 Å². The van der Waals surface area contributed by atoms with Gasteiger partial charge in [-0.25, -0.2) is 0 Å². The molecule has 4 nitrogen and oxygen atoms in total. The van der Waals surface area contributed by atoms with Gasteiger partial charge in [-0.05, 0) is 57.4 Å². The quantitative estimate of drug-likeness (QED) is 0.467. The maximum Gasteiger partial charge on any atom is 0.0466 e. The molecule has 2 rings (SSSR count). The van der Waals surface area contributed by atoms with E-state index in [9.17, 15) is 0 Å². The number of anilines is 1. The summed E-state index contributed by atoms with van der Waals surface area (Å²) in [5, 5.41) is 3.56. The molecule has 0 atom stereocenters. The molecule has 0 aliphatic carbocycles. The van der Waals surface area contributed by atoms with Crippen LogP contribution in [0.3, 0.4) is 0 Å². The standard InChI is InChI=1S/C24H43N3O/c1-4-5-6-8-19-28-20-9-7-14-25-21-23-10-12-24(13-11-23)27-17-15-26(16-18-27)22(2)3/h10-13,22,25H,4-9,14-21H2,1-3H3. The molecule has 1 N–H and O–H groups in total. The van der Waals surface area contributed by atoms with E-state index in [4.69, 9.17) is 4.74 Å². The van der Waals surface area contributed by atoms with Crippen LogP contribution in [0.15, 0.2) is 24.3 Å². The van der Waals surface area contributed by atoms with Crippen molar-refractivity contribution >= 4 is 5.69 Å². The van der Waals surface area contributed by atoms with Crippen LogP contribution in [0.5, 0.6) is 0 Å². The van der Waals surface area contributed by atoms with E-state index in [1.165, 1.54) is 56.4 Å². The minimum atomic E-state index is 0.660. The summed E-state index contributed by atoms with van der Waals surface area (Å²) in [4.78, 5) is 5.07. The van der Waals surface area contributed by atoms with E-state index in [0.29, 0.717) is 6.04 Å². The maximum absolute atomic E-state index is 5.70. The molecule has 1 aliphatic rings. The van der Waals surface area contributed by atoms with Gasteiger partial charge in [-0.1, -0.05) is 38.3 Å². The third kappa shape index (κ3) is 8.93. The van der Waals surface area contributed by atoms with Crippen LogP contribution >= 0.6 is 0 Å². The fourth-order valence-electron chi connectivity index (χ4n) is 3.74. The molecule has 0 aromatic heterocycles. The van der Waals surface area contributed by atoms with Crippen LogP contribution in [-0.4, -0.2) is 56.9 Å². The molecular formula is C24H43N3O. The normalized spacial score (nSPS) is 15.5. The van der Waals surface area contributed by atoms with Gasteiger partial charge in [0.2, 0.25) is 0 Å². The molecule has 28 heavy (non-hydrogen) atoms. The number of ether oxygens (including phenoxy) is 1. The topological polar surface area (TPSA) is 27.7 Å². The average molecular weight is 390 g/mol. The highest BCUT2D eigenvalue weighted by Gasteiger charge is 2.18. The van der Waals surface area contributed by atoms with Gasteiger partial charge >= 0.3 is 0 Å². The third-order valence-electron chi connectivity index (χ3n) is 5.71. The van der Waals surface area contributed by atoms with E-state index in [1.807, 2.05) is 0 Å². The summed E-state index contributed by atoms with van der Waals surface area (Å²) in [7, 11) is 0. The fraction of sp³-hybridized carbons (Fsp3) is 0.750. The van der Waals surface area contributed by atoms with Gasteiger partial charge in [0.15, 0.2) is 0 Å². The van der Waals surface area contributed by atoms with Gasteiger partial charge in [-0.3, -0.25) is 4.90 Å². The summed E-state index contributed by atoms with van der Waals surface area (Å²) >= 11 is 0. The third-order valence-corrected chi connectivity index (χ3v) is 5.71. The number of benzene rings is 1. The lowest BCUT2D eigenvalue weighted by Gasteiger charge is -2.38. The molecule has 1 heterocycles. The average Bonchev–Trinajstić information content (AvgIpc) is 2.72. The molecule has 0 saturated carbocycles. The van der Waals surface area contributed by atoms with Crippen LogP contribution in [0.2, 0.25) is 0 Å². The van der Waals surface area contributed by atoms with Crippen molar-refractivity contribution < 1.29 is 4.74 Å². The van der Waals surface area contributed by atoms with Gasteiger partial charge in [-0.15, -0.1) is 0 Å². The highest BCUT2D eigenvalue weighted by molar-refractivity contribution is 5.48. The van der Waals surface area contributed by atoms with Gasteiger partial charge in [-0.2, -0.15) is 0 Å². The first kappa shape index (κ1) is 23.2. The Morgan fingerprint density at radius 1 is 0.893 bits per heavy atom. The molecule has 1 aromatic carbocycles. The number of hydrogen-bond donors (Lipinski definition) is 1. The second-order valence-electron chi connectivity index (χ2n) is 8.34. The molecule has 1 saturated heterocycles. The van der Waals surface area contributed by atoms with Gasteiger partial charge in [0, 0.05) is 57.7 Å². The second-order valence-corrected chi connectivity index (χ2v) is 8.34. The lowest BCUT2D eigenvalue weighted by molar-refractivity contribution is 0.126. The van der Waals surface area contributed by atoms with E-state index in [0.717, 1.165) is 45.8 Å². The van der Waals surface area contributed by atoms with Gasteiger partial charge in [0.05, 0.1) is 0 Å². The fourth-order valence-corrected chi connectivity index (χ4v) is 3.74. The Balaban J connectivity index is 1.51. The van der Waals surface area contributed by atoms with Crippen molar-refractivity contribution in [2.45, 2.75) is 71.9 Å². The Morgan fingerprint density at radius 2 is 1.57 bits per heavy atom. The van der Waals surface area contributed by atoms with Crippen molar-refractivity contribution in [1.29, 1.82) is 0 Å². The summed E-state index contributed by atoms with van der Waals surface area (Å²) in [6, 6.07) is 9.78. The lowest BCUT2D eigenvalue weighted by Crippen LogP contribution is -2.48. The van der Waals surface area contributed by atoms with Crippen molar-refractivity contribution in [3.05, 3.63) is 29.8 Å². The highest BCUT2D eigenvalue weighted by atomic mass is 16.5. The number of unbranched alkanes of at least 4 members (excludes halogenated alkanes) is 4. The molecule has 4 heteroatoms. The SMILES string of the molecule is CCCCCCOCCCCNCc1ccc(N2CCN(C(C)C)CC2)cc1. The molecule has 1 aromatic rings. The zero-order valence-electron chi connectivity index (χ0n) is 18.6. The van der Waals surface area contributed by atoms with Gasteiger partial charge < -0.3 is 15.0 Å². The summed E-state index contributed by atoms with van der Waals surface area (Å²) < 4.78 is 5.70. The predicted octanol–water partition coefficient (Wildman–Crippen LogP) is 4.68. The second kappa shape index (κ2) is 14.0. The molecular weight excluding hydrogens is 346 g/mol. The Morgan fingerprint density at radius 3 is 2.21 bits per heavy atom. The summed E-state index contributed by atoms with van der Waals surface area (Å²) in [6.07, 6.45) is 7.50. The molecule has 1 fully saturated rings. The van der Waals surface area contributed by atoms with Crippen molar-refractivity contribution in [3.8, 4) is 0 Å². The monoisotopic (exact) mass is 389 g/mol. The number of nitrogens with zero attached hydrogens (tertiary/aromatic N) is 2. The van der Waals surface area contributed by atoms with Gasteiger partial charge in [0.25, 0.3) is 0 Å². The number of nitrogens with one attached hydrogen (secondary N) is 1. The van der Waals surface area contributed by atoms with Crippen molar-refractivity contribution in [2.75, 3.05) is 50.8 Å². The maximum atomic E-state index is 5.70. The Bertz CT molecular complexity index is 495. The minimum absolute atomic E-state index is 0.660. The zero-order valence-corrected chi connectivity index (χ0v) is 18.6. The highest BCUT2D eigenvalue weighted by Crippen LogP contribution is 2.18. The number of piperazine rings is 1. The van der Waals surface area contributed by atoms with Gasteiger partial charge in [0.1, 0.15) is 0 Å². The smallest absolute Gasteiger partial charge is 0.0466 e. The van der Waals surface area contributed by atoms with Crippen LogP contribution < -0.4 is 10.2 Å². The lowest BCUT2D eigenvalue weighted by atomic mass is 10.1. The van der Waals surface area contributed by atoms with Crippen LogP contribution in [0.4, 0.5) is 5.69 Å². The Labute approximate surface area is 173 Å². The summed E-state index contributed by atoms with van der Waals surface area (Å²) in [5.41, 5.74) is 2.74. The molecule has 1 aliphatic heterocycles. The minimum Gasteiger partial charge on any atom is -0.381 e. The van der Waals surface area contributed by atoms with Crippen molar-refractivity contribution in [2.24, 2.45) is 0 Å². The molecule has 0 bridgehead atoms. The van der Waals surface area contributed by atoms with E-state index < -0.39 is 0 Å². The molecule has 0 unspecified atom stereocenters. The van der Waals surface area contributed by atoms with E-state index >= 15 is 0 Å². The summed E-state index contributed by atoms with van der Waals surface area (Å²) in [6.45, 7) is 15.3. The first-order chi connectivity index (χ1) is 13.7. The predicted molar refractivity (Wildman–Crippen MR) is 121 cm³/mol. The first-order valence-electron chi connectivity index (χ1n) is 11.6. The Hall–Kier alpha value is -1.10. The van der Waals surface area contributed by atoms with Crippen LogP contribution in [0, 0.1) is 0 Å². The van der Waals surface area contributed by atoms with E-state index in [-0.39, 0.29) is 0 Å². The van der Waals surface area contributed by atoms with E-state index in [1.54, 1.807) is 0 Å². The molecule has 0 amide bonds. The Kier molecular flexibility index (Phi) is 11.6. The number of rotatable bonds is 14. The van der Waals surface area contributed by atoms with Crippen molar-refractivity contribution in [3.63, 3.8) is 0 Å².